The molecule has 6 aromatic rings. The lowest BCUT2D eigenvalue weighted by Gasteiger charge is -2.21. The number of amides is 1. The van der Waals surface area contributed by atoms with Crippen molar-refractivity contribution in [2.75, 3.05) is 14.2 Å². The van der Waals surface area contributed by atoms with Crippen molar-refractivity contribution >= 4 is 16.8 Å². The van der Waals surface area contributed by atoms with Crippen molar-refractivity contribution in [3.8, 4) is 11.5 Å². The molecule has 0 radical (unpaired) electrons. The SMILES string of the molecule is COc1ccc(Cn2c(CCc3ccccc3)nnc2[C@@H](Cc2c[nH]c3ccccc23)NC(=O)c2ccnnc2)c(OC)c1. The molecule has 0 spiro atoms. The van der Waals surface area contributed by atoms with E-state index in [2.05, 4.69) is 48.4 Å². The van der Waals surface area contributed by atoms with Gasteiger partial charge in [-0.05, 0) is 41.8 Å². The van der Waals surface area contributed by atoms with Crippen LogP contribution in [0.1, 0.15) is 44.7 Å². The molecular weight excluding hydrogens is 554 g/mol. The maximum Gasteiger partial charge on any atom is 0.253 e. The topological polar surface area (TPSA) is 120 Å². The second-order valence-electron chi connectivity index (χ2n) is 10.4. The molecule has 0 saturated heterocycles. The Morgan fingerprint density at radius 2 is 1.75 bits per heavy atom. The van der Waals surface area contributed by atoms with Crippen molar-refractivity contribution in [1.29, 1.82) is 0 Å². The number of aromatic amines is 1. The Morgan fingerprint density at radius 1 is 0.909 bits per heavy atom. The van der Waals surface area contributed by atoms with E-state index >= 15 is 0 Å². The maximum absolute atomic E-state index is 13.5. The first kappa shape index (κ1) is 28.6. The first-order chi connectivity index (χ1) is 21.6. The molecular formula is C34H33N7O3. The number of nitrogens with zero attached hydrogens (tertiary/aromatic N) is 5. The van der Waals surface area contributed by atoms with Gasteiger partial charge in [0.05, 0.1) is 44.8 Å². The van der Waals surface area contributed by atoms with Crippen LogP contribution in [0.5, 0.6) is 11.5 Å². The standard InChI is InChI=1S/C34H33N7O3/c1-43-27-14-13-25(31(19-27)44-2)22-41-32(15-12-23-8-4-3-5-9-23)39-40-33(41)30(38-34(42)24-16-17-36-37-21-24)18-26-20-35-29-11-7-6-10-28(26)29/h3-11,13-14,16-17,19-21,30,35H,12,15,18,22H2,1-2H3,(H,38,42)/t30-/m1/s1. The van der Waals surface area contributed by atoms with E-state index in [4.69, 9.17) is 14.6 Å². The molecule has 0 aliphatic rings. The number of H-pyrrole nitrogens is 1. The van der Waals surface area contributed by atoms with Crippen molar-refractivity contribution in [2.24, 2.45) is 0 Å². The van der Waals surface area contributed by atoms with E-state index in [0.717, 1.165) is 34.3 Å². The van der Waals surface area contributed by atoms with Gasteiger partial charge in [-0.15, -0.1) is 10.2 Å². The van der Waals surface area contributed by atoms with Gasteiger partial charge in [-0.1, -0.05) is 48.5 Å². The Morgan fingerprint density at radius 3 is 2.55 bits per heavy atom. The van der Waals surface area contributed by atoms with Crippen LogP contribution < -0.4 is 14.8 Å². The number of hydrogen-bond donors (Lipinski definition) is 2. The quantitative estimate of drug-likeness (QED) is 0.204. The molecule has 10 heteroatoms. The minimum Gasteiger partial charge on any atom is -0.497 e. The van der Waals surface area contributed by atoms with Crippen LogP contribution >= 0.6 is 0 Å². The molecule has 3 aromatic carbocycles. The van der Waals surface area contributed by atoms with Gasteiger partial charge in [-0.3, -0.25) is 4.79 Å². The number of ether oxygens (including phenoxy) is 2. The molecule has 1 atom stereocenters. The first-order valence-corrected chi connectivity index (χ1v) is 14.4. The van der Waals surface area contributed by atoms with Crippen molar-refractivity contribution in [2.45, 2.75) is 31.8 Å². The summed E-state index contributed by atoms with van der Waals surface area (Å²) in [4.78, 5) is 16.9. The fourth-order valence-corrected chi connectivity index (χ4v) is 5.41. The van der Waals surface area contributed by atoms with Gasteiger partial charge in [0.1, 0.15) is 17.3 Å². The van der Waals surface area contributed by atoms with E-state index in [-0.39, 0.29) is 5.91 Å². The molecule has 0 bridgehead atoms. The van der Waals surface area contributed by atoms with Crippen LogP contribution in [0.15, 0.2) is 97.5 Å². The van der Waals surface area contributed by atoms with Gasteiger partial charge < -0.3 is 24.3 Å². The third kappa shape index (κ3) is 6.29. The zero-order valence-corrected chi connectivity index (χ0v) is 24.6. The number of benzene rings is 3. The molecule has 222 valence electrons. The number of aryl methyl sites for hydroxylation is 2. The predicted molar refractivity (Wildman–Crippen MR) is 167 cm³/mol. The highest BCUT2D eigenvalue weighted by atomic mass is 16.5. The highest BCUT2D eigenvalue weighted by Gasteiger charge is 2.26. The zero-order chi connectivity index (χ0) is 30.3. The van der Waals surface area contributed by atoms with Crippen LogP contribution in [0.4, 0.5) is 0 Å². The first-order valence-electron chi connectivity index (χ1n) is 14.4. The van der Waals surface area contributed by atoms with E-state index < -0.39 is 6.04 Å². The molecule has 0 aliphatic heterocycles. The normalized spacial score (nSPS) is 11.8. The summed E-state index contributed by atoms with van der Waals surface area (Å²) < 4.78 is 13.3. The van der Waals surface area contributed by atoms with E-state index in [1.807, 2.05) is 60.8 Å². The minimum atomic E-state index is -0.503. The van der Waals surface area contributed by atoms with Crippen molar-refractivity contribution < 1.29 is 14.3 Å². The lowest BCUT2D eigenvalue weighted by molar-refractivity contribution is 0.0933. The van der Waals surface area contributed by atoms with Crippen LogP contribution in [0.25, 0.3) is 10.9 Å². The molecule has 0 saturated carbocycles. The van der Waals surface area contributed by atoms with Gasteiger partial charge in [0.2, 0.25) is 0 Å². The zero-order valence-electron chi connectivity index (χ0n) is 24.6. The third-order valence-corrected chi connectivity index (χ3v) is 7.72. The second kappa shape index (κ2) is 13.2. The maximum atomic E-state index is 13.5. The molecule has 0 aliphatic carbocycles. The Bertz CT molecular complexity index is 1850. The molecule has 6 rings (SSSR count). The molecule has 2 N–H and O–H groups in total. The number of nitrogens with one attached hydrogen (secondary N) is 2. The summed E-state index contributed by atoms with van der Waals surface area (Å²) in [6.07, 6.45) is 6.89. The number of carbonyl (C=O) groups is 1. The fourth-order valence-electron chi connectivity index (χ4n) is 5.41. The lowest BCUT2D eigenvalue weighted by atomic mass is 10.0. The summed E-state index contributed by atoms with van der Waals surface area (Å²) in [7, 11) is 3.27. The average molecular weight is 588 g/mol. The fraction of sp³-hybridized carbons (Fsp3) is 0.206. The van der Waals surface area contributed by atoms with Gasteiger partial charge in [0.25, 0.3) is 5.91 Å². The van der Waals surface area contributed by atoms with Crippen molar-refractivity contribution in [1.82, 2.24) is 35.3 Å². The Balaban J connectivity index is 1.41. The number of methoxy groups -OCH3 is 2. The van der Waals surface area contributed by atoms with E-state index in [1.165, 1.54) is 18.0 Å². The number of aromatic nitrogens is 6. The summed E-state index contributed by atoms with van der Waals surface area (Å²) >= 11 is 0. The largest absolute Gasteiger partial charge is 0.497 e. The van der Waals surface area contributed by atoms with Crippen LogP contribution in [-0.2, 0) is 25.8 Å². The third-order valence-electron chi connectivity index (χ3n) is 7.72. The molecule has 0 unspecified atom stereocenters. The Kier molecular flexibility index (Phi) is 8.58. The number of para-hydroxylation sites is 1. The number of rotatable bonds is 12. The van der Waals surface area contributed by atoms with E-state index in [1.54, 1.807) is 20.3 Å². The summed E-state index contributed by atoms with van der Waals surface area (Å²) in [5, 5.41) is 21.4. The van der Waals surface area contributed by atoms with Crippen LogP contribution in [0.3, 0.4) is 0 Å². The molecule has 3 aromatic heterocycles. The Labute approximate surface area is 255 Å². The monoisotopic (exact) mass is 587 g/mol. The van der Waals surface area contributed by atoms with Gasteiger partial charge in [-0.25, -0.2) is 0 Å². The second-order valence-corrected chi connectivity index (χ2v) is 10.4. The molecule has 44 heavy (non-hydrogen) atoms. The van der Waals surface area contributed by atoms with Gasteiger partial charge >= 0.3 is 0 Å². The Hall–Kier alpha value is -5.51. The van der Waals surface area contributed by atoms with Crippen molar-refractivity contribution in [3.63, 3.8) is 0 Å². The summed E-state index contributed by atoms with van der Waals surface area (Å²) in [5.74, 6) is 2.58. The highest BCUT2D eigenvalue weighted by Crippen LogP contribution is 2.29. The molecule has 1 amide bonds. The average Bonchev–Trinajstić information content (AvgIpc) is 3.68. The highest BCUT2D eigenvalue weighted by molar-refractivity contribution is 5.94. The van der Waals surface area contributed by atoms with Gasteiger partial charge in [-0.2, -0.15) is 10.2 Å². The lowest BCUT2D eigenvalue weighted by Crippen LogP contribution is -2.32. The number of fused-ring (bicyclic) bond motifs is 1. The molecule has 10 nitrogen and oxygen atoms in total. The van der Waals surface area contributed by atoms with Crippen LogP contribution in [0, 0.1) is 0 Å². The molecule has 0 fully saturated rings. The predicted octanol–water partition coefficient (Wildman–Crippen LogP) is 5.11. The van der Waals surface area contributed by atoms with Gasteiger partial charge in [0.15, 0.2) is 5.82 Å². The van der Waals surface area contributed by atoms with Crippen LogP contribution in [0.2, 0.25) is 0 Å². The van der Waals surface area contributed by atoms with Crippen molar-refractivity contribution in [3.05, 3.63) is 131 Å². The minimum absolute atomic E-state index is 0.271. The number of hydrogen-bond acceptors (Lipinski definition) is 7. The van der Waals surface area contributed by atoms with Gasteiger partial charge in [0, 0.05) is 41.6 Å². The summed E-state index contributed by atoms with van der Waals surface area (Å²) in [5.41, 5.74) is 4.64. The number of carbonyl (C=O) groups excluding carboxylic acids is 1. The van der Waals surface area contributed by atoms with Crippen LogP contribution in [-0.4, -0.2) is 50.1 Å². The smallest absolute Gasteiger partial charge is 0.253 e. The van der Waals surface area contributed by atoms with E-state index in [9.17, 15) is 4.79 Å². The summed E-state index contributed by atoms with van der Waals surface area (Å²) in [6.45, 7) is 0.441. The summed E-state index contributed by atoms with van der Waals surface area (Å²) in [6, 6.07) is 25.3. The molecule has 3 heterocycles. The van der Waals surface area contributed by atoms with E-state index in [0.29, 0.717) is 42.3 Å².